The molecule has 1 heterocycles. The highest BCUT2D eigenvalue weighted by atomic mass is 35.5. The zero-order chi connectivity index (χ0) is 9.10. The van der Waals surface area contributed by atoms with Crippen molar-refractivity contribution < 1.29 is 0 Å². The first-order valence-corrected chi connectivity index (χ1v) is 5.93. The Bertz CT molecular complexity index is 264. The molecular weight excluding hydrogens is 251 g/mol. The third-order valence-electron chi connectivity index (χ3n) is 2.36. The first-order valence-electron chi connectivity index (χ1n) is 4.94. The summed E-state index contributed by atoms with van der Waals surface area (Å²) in [6.45, 7) is 3.31. The first kappa shape index (κ1) is 15.0. The minimum Gasteiger partial charge on any atom is -0.388 e. The van der Waals surface area contributed by atoms with Crippen molar-refractivity contribution in [3.63, 3.8) is 0 Å². The van der Waals surface area contributed by atoms with Gasteiger partial charge in [-0.15, -0.1) is 36.6 Å². The predicted molar refractivity (Wildman–Crippen MR) is 72.7 cm³/mol. The van der Waals surface area contributed by atoms with E-state index in [4.69, 9.17) is 0 Å². The average molecular weight is 269 g/mol. The fourth-order valence-corrected chi connectivity index (χ4v) is 2.61. The van der Waals surface area contributed by atoms with Crippen LogP contribution in [0.5, 0.6) is 0 Å². The fourth-order valence-electron chi connectivity index (χ4n) is 1.63. The summed E-state index contributed by atoms with van der Waals surface area (Å²) in [5, 5.41) is 6.88. The lowest BCUT2D eigenvalue weighted by Gasteiger charge is -2.15. The lowest BCUT2D eigenvalue weighted by molar-refractivity contribution is 0.700. The molecular formula is C10H18Cl2N2S. The molecule has 0 aromatic carbocycles. The lowest BCUT2D eigenvalue weighted by atomic mass is 10.1. The van der Waals surface area contributed by atoms with E-state index in [2.05, 4.69) is 23.6 Å². The molecule has 5 heteroatoms. The molecule has 15 heavy (non-hydrogen) atoms. The van der Waals surface area contributed by atoms with Crippen LogP contribution in [0.25, 0.3) is 0 Å². The molecule has 2 aliphatic rings. The summed E-state index contributed by atoms with van der Waals surface area (Å²) in [6, 6.07) is 0. The fraction of sp³-hybridized carbons (Fsp3) is 0.600. The Kier molecular flexibility index (Phi) is 7.32. The molecule has 0 atom stereocenters. The van der Waals surface area contributed by atoms with E-state index in [1.165, 1.54) is 35.6 Å². The number of nitrogens with one attached hydrogen (secondary N) is 2. The largest absolute Gasteiger partial charge is 0.388 e. The Morgan fingerprint density at radius 3 is 2.93 bits per heavy atom. The summed E-state index contributed by atoms with van der Waals surface area (Å²) in [4.78, 5) is 1.45. The van der Waals surface area contributed by atoms with Gasteiger partial charge in [0.1, 0.15) is 0 Å². The Hall–Kier alpha value is 0.01000. The molecule has 2 rings (SSSR count). The molecule has 2 N–H and O–H groups in total. The zero-order valence-corrected chi connectivity index (χ0v) is 11.3. The Morgan fingerprint density at radius 2 is 2.20 bits per heavy atom. The third kappa shape index (κ3) is 3.82. The normalized spacial score (nSPS) is 18.1. The summed E-state index contributed by atoms with van der Waals surface area (Å²) in [6.07, 6.45) is 5.87. The summed E-state index contributed by atoms with van der Waals surface area (Å²) in [7, 11) is 0. The van der Waals surface area contributed by atoms with Crippen molar-refractivity contribution in [1.29, 1.82) is 0 Å². The van der Waals surface area contributed by atoms with Crippen LogP contribution in [0.3, 0.4) is 0 Å². The molecule has 0 fully saturated rings. The van der Waals surface area contributed by atoms with Crippen molar-refractivity contribution in [2.75, 3.05) is 12.4 Å². The van der Waals surface area contributed by atoms with Crippen molar-refractivity contribution in [3.8, 4) is 0 Å². The van der Waals surface area contributed by atoms with E-state index in [1.54, 1.807) is 0 Å². The molecule has 2 nitrogen and oxygen atoms in total. The molecule has 0 aromatic rings. The molecule has 0 bridgehead atoms. The summed E-state index contributed by atoms with van der Waals surface area (Å²) in [5.74, 6) is 1.06. The minimum absolute atomic E-state index is 0. The van der Waals surface area contributed by atoms with Gasteiger partial charge in [0.05, 0.1) is 5.88 Å². The predicted octanol–water partition coefficient (Wildman–Crippen LogP) is 3.01. The standard InChI is InChI=1S/C10H16N2S.2ClH/c1-2-5-11-8-3-4-9-10(6-8)13-7-12-9;;/h6,11-12H,2-5,7H2,1H3;2*1H. The highest BCUT2D eigenvalue weighted by Gasteiger charge is 2.17. The van der Waals surface area contributed by atoms with Crippen LogP contribution < -0.4 is 10.6 Å². The summed E-state index contributed by atoms with van der Waals surface area (Å²) < 4.78 is 0. The molecule has 0 unspecified atom stereocenters. The third-order valence-corrected chi connectivity index (χ3v) is 3.33. The maximum Gasteiger partial charge on any atom is 0.0655 e. The van der Waals surface area contributed by atoms with Crippen molar-refractivity contribution in [2.24, 2.45) is 0 Å². The van der Waals surface area contributed by atoms with Crippen LogP contribution in [0.15, 0.2) is 22.4 Å². The van der Waals surface area contributed by atoms with Crippen molar-refractivity contribution in [1.82, 2.24) is 10.6 Å². The van der Waals surface area contributed by atoms with Gasteiger partial charge >= 0.3 is 0 Å². The topological polar surface area (TPSA) is 24.1 Å². The summed E-state index contributed by atoms with van der Waals surface area (Å²) >= 11 is 1.92. The van der Waals surface area contributed by atoms with Gasteiger partial charge in [-0.3, -0.25) is 0 Å². The van der Waals surface area contributed by atoms with E-state index < -0.39 is 0 Å². The number of halogens is 2. The van der Waals surface area contributed by atoms with Gasteiger partial charge < -0.3 is 10.6 Å². The van der Waals surface area contributed by atoms with Gasteiger partial charge in [-0.25, -0.2) is 0 Å². The van der Waals surface area contributed by atoms with Gasteiger partial charge in [-0.05, 0) is 25.3 Å². The maximum absolute atomic E-state index is 3.47. The van der Waals surface area contributed by atoms with Crippen molar-refractivity contribution in [2.45, 2.75) is 26.2 Å². The summed E-state index contributed by atoms with van der Waals surface area (Å²) in [5.41, 5.74) is 2.86. The lowest BCUT2D eigenvalue weighted by Crippen LogP contribution is -2.17. The van der Waals surface area contributed by atoms with E-state index in [0.29, 0.717) is 0 Å². The van der Waals surface area contributed by atoms with Crippen LogP contribution in [0.1, 0.15) is 26.2 Å². The highest BCUT2D eigenvalue weighted by molar-refractivity contribution is 8.03. The van der Waals surface area contributed by atoms with E-state index in [-0.39, 0.29) is 24.8 Å². The molecule has 0 amide bonds. The number of allylic oxidation sites excluding steroid dienone is 3. The molecule has 1 aliphatic heterocycles. The smallest absolute Gasteiger partial charge is 0.0655 e. The minimum atomic E-state index is 0. The maximum atomic E-state index is 3.47. The Morgan fingerprint density at radius 1 is 1.40 bits per heavy atom. The number of hydrogen-bond donors (Lipinski definition) is 2. The van der Waals surface area contributed by atoms with Crippen LogP contribution in [0.4, 0.5) is 0 Å². The van der Waals surface area contributed by atoms with E-state index in [0.717, 1.165) is 12.4 Å². The number of thioether (sulfide) groups is 1. The van der Waals surface area contributed by atoms with Gasteiger partial charge in [0.2, 0.25) is 0 Å². The van der Waals surface area contributed by atoms with E-state index in [1.807, 2.05) is 11.8 Å². The zero-order valence-electron chi connectivity index (χ0n) is 8.84. The van der Waals surface area contributed by atoms with Gasteiger partial charge in [0.25, 0.3) is 0 Å². The molecule has 0 radical (unpaired) electrons. The molecule has 1 aliphatic carbocycles. The molecule has 0 aromatic heterocycles. The number of hydrogen-bond acceptors (Lipinski definition) is 3. The monoisotopic (exact) mass is 268 g/mol. The number of rotatable bonds is 3. The van der Waals surface area contributed by atoms with Crippen molar-refractivity contribution >= 4 is 36.6 Å². The van der Waals surface area contributed by atoms with Gasteiger partial charge in [0, 0.05) is 22.8 Å². The molecule has 88 valence electrons. The second-order valence-corrected chi connectivity index (χ2v) is 4.42. The van der Waals surface area contributed by atoms with Gasteiger partial charge in [-0.2, -0.15) is 0 Å². The second-order valence-electron chi connectivity index (χ2n) is 3.40. The van der Waals surface area contributed by atoms with E-state index in [9.17, 15) is 0 Å². The Labute approximate surface area is 108 Å². The quantitative estimate of drug-likeness (QED) is 0.823. The van der Waals surface area contributed by atoms with Crippen LogP contribution in [0, 0.1) is 0 Å². The molecule has 0 saturated heterocycles. The Balaban J connectivity index is 0.000000980. The van der Waals surface area contributed by atoms with Crippen LogP contribution >= 0.6 is 36.6 Å². The molecule has 0 spiro atoms. The first-order chi connectivity index (χ1) is 6.40. The highest BCUT2D eigenvalue weighted by Crippen LogP contribution is 2.33. The SMILES string of the molecule is CCCNC1=CC2=C(CC1)NCS2.Cl.Cl. The van der Waals surface area contributed by atoms with E-state index >= 15 is 0 Å². The van der Waals surface area contributed by atoms with Gasteiger partial charge in [0.15, 0.2) is 0 Å². The second kappa shape index (κ2) is 7.31. The average Bonchev–Trinajstić information content (AvgIpc) is 2.61. The van der Waals surface area contributed by atoms with Gasteiger partial charge in [-0.1, -0.05) is 6.92 Å². The molecule has 0 saturated carbocycles. The van der Waals surface area contributed by atoms with Crippen LogP contribution in [-0.2, 0) is 0 Å². The van der Waals surface area contributed by atoms with Crippen molar-refractivity contribution in [3.05, 3.63) is 22.4 Å². The van der Waals surface area contributed by atoms with Crippen LogP contribution in [-0.4, -0.2) is 12.4 Å². The van der Waals surface area contributed by atoms with Crippen LogP contribution in [0.2, 0.25) is 0 Å².